The van der Waals surface area contributed by atoms with E-state index < -0.39 is 59.9 Å². The smallest absolute Gasteiger partial charge is 0.414 e. The Morgan fingerprint density at radius 2 is 1.03 bits per heavy atom. The lowest BCUT2D eigenvalue weighted by molar-refractivity contribution is -0.577. The molecule has 0 amide bonds. The van der Waals surface area contributed by atoms with E-state index in [1.165, 1.54) is 0 Å². The zero-order valence-corrected chi connectivity index (χ0v) is 43.2. The standard InChI is InChI=1S/C51H71N7O10.C2H2O4/c1-31-17-19-39-33(3)41(61-43-50(39)37(31)21-23-48(5,63-43)65-67-50)59-29-27-58(26-25-52-45-55-46(53-35-13-9-7-10-14-35)57-47(56-45)54-36-15-11-8-12-16-36)28-30-60-42-34(4)40-20-18-32(2)38-22-24-49(6)64-44(62-42)51(38,40)68-66-49;3-1(4)2(5)6/h7-16,31-34,37-44H,17-30H2,1-6H3,(H3,52,53,54,55,56,57);(H,3,4)(H,5,6)/t31-,32-,33-,34-,37+,38+,39+,40+,41+,42+,43-,44-,48-,49-,50-,51-;/m1./s1. The fourth-order valence-electron chi connectivity index (χ4n) is 13.3. The lowest BCUT2D eigenvalue weighted by atomic mass is 9.58. The summed E-state index contributed by atoms with van der Waals surface area (Å²) in [5, 5.41) is 24.9. The molecule has 0 radical (unpaired) electrons. The number of benzene rings is 2. The second-order valence-corrected chi connectivity index (χ2v) is 22.0. The highest BCUT2D eigenvalue weighted by Gasteiger charge is 2.71. The molecule has 2 spiro atoms. The van der Waals surface area contributed by atoms with Crippen LogP contribution in [0, 0.1) is 47.3 Å². The lowest BCUT2D eigenvalue weighted by Gasteiger charge is -2.60. The number of anilines is 5. The molecule has 74 heavy (non-hydrogen) atoms. The molecule has 16 atom stereocenters. The molecule has 4 bridgehead atoms. The van der Waals surface area contributed by atoms with Crippen LogP contribution in [0.1, 0.15) is 92.9 Å². The molecule has 2 aromatic carbocycles. The van der Waals surface area contributed by atoms with Gasteiger partial charge >= 0.3 is 11.9 Å². The number of nitrogens with one attached hydrogen (secondary N) is 3. The Morgan fingerprint density at radius 1 is 0.595 bits per heavy atom. The van der Waals surface area contributed by atoms with Gasteiger partial charge in [-0.25, -0.2) is 29.1 Å². The van der Waals surface area contributed by atoms with E-state index in [2.05, 4.69) is 53.5 Å². The third-order valence-corrected chi connectivity index (χ3v) is 17.2. The van der Waals surface area contributed by atoms with Crippen molar-refractivity contribution in [2.45, 2.75) is 141 Å². The zero-order chi connectivity index (χ0) is 51.8. The molecule has 0 unspecified atom stereocenters. The molecule has 21 heteroatoms. The van der Waals surface area contributed by atoms with Crippen LogP contribution in [0.25, 0.3) is 0 Å². The van der Waals surface area contributed by atoms with Gasteiger partial charge in [0.2, 0.25) is 29.4 Å². The molecule has 10 fully saturated rings. The summed E-state index contributed by atoms with van der Waals surface area (Å²) >= 11 is 0. The highest BCUT2D eigenvalue weighted by Crippen LogP contribution is 2.62. The average molecular weight is 1030 g/mol. The third-order valence-electron chi connectivity index (χ3n) is 17.2. The SMILES string of the molecule is C[C@H]1[C@@H](OCCN(CCNc2nc(Nc3ccccc3)nc(Nc3ccccc3)n2)CCO[C@H]2O[C@@H]3O[C@@]4(C)CC[C@H]5[C@H](C)CC[C@@H]([C@H]2C)[C@@]35OO4)O[C@@H]2O[C@@]3(C)CC[C@H]4[C@H](C)CC[C@@H]1[C@@]24OO3.O=C(O)C(=O)O. The van der Waals surface area contributed by atoms with E-state index in [9.17, 15) is 0 Å². The van der Waals surface area contributed by atoms with E-state index in [0.29, 0.717) is 80.9 Å². The Hall–Kier alpha value is -4.65. The van der Waals surface area contributed by atoms with Crippen LogP contribution in [0.3, 0.4) is 0 Å². The first-order valence-electron chi connectivity index (χ1n) is 26.5. The summed E-state index contributed by atoms with van der Waals surface area (Å²) in [5.41, 5.74) is 0.460. The number of para-hydroxylation sites is 2. The van der Waals surface area contributed by atoms with E-state index in [1.54, 1.807) is 0 Å². The molecule has 2 saturated carbocycles. The number of ether oxygens (including phenoxy) is 6. The maximum Gasteiger partial charge on any atom is 0.414 e. The second-order valence-electron chi connectivity index (χ2n) is 22.0. The van der Waals surface area contributed by atoms with Crippen LogP contribution >= 0.6 is 0 Å². The number of nitrogens with zero attached hydrogens (tertiary/aromatic N) is 4. The summed E-state index contributed by atoms with van der Waals surface area (Å²) in [4.78, 5) is 59.7. The number of aliphatic carboxylic acids is 2. The maximum atomic E-state index is 9.10. The van der Waals surface area contributed by atoms with Crippen molar-refractivity contribution in [2.75, 3.05) is 55.3 Å². The summed E-state index contributed by atoms with van der Waals surface area (Å²) in [6.45, 7) is 16.3. The fraction of sp³-hybridized carbons (Fsp3) is 0.679. The monoisotopic (exact) mass is 1030 g/mol. The largest absolute Gasteiger partial charge is 0.473 e. The molecule has 10 aliphatic rings. The predicted octanol–water partition coefficient (Wildman–Crippen LogP) is 7.68. The van der Waals surface area contributed by atoms with E-state index >= 15 is 0 Å². The minimum absolute atomic E-state index is 0.0734. The average Bonchev–Trinajstić information content (AvgIpc) is 3.79. The fourth-order valence-corrected chi connectivity index (χ4v) is 13.3. The Balaban J connectivity index is 0.000000986. The maximum absolute atomic E-state index is 9.10. The first kappa shape index (κ1) is 52.8. The van der Waals surface area contributed by atoms with Crippen molar-refractivity contribution in [3.8, 4) is 0 Å². The molecule has 3 aromatic rings. The quantitative estimate of drug-likeness (QED) is 0.0682. The molecule has 404 valence electrons. The van der Waals surface area contributed by atoms with Gasteiger partial charge in [0.15, 0.2) is 36.4 Å². The zero-order valence-electron chi connectivity index (χ0n) is 43.2. The van der Waals surface area contributed by atoms with Gasteiger partial charge in [-0.2, -0.15) is 15.0 Å². The highest BCUT2D eigenvalue weighted by molar-refractivity contribution is 6.27. The van der Waals surface area contributed by atoms with Crippen molar-refractivity contribution in [3.63, 3.8) is 0 Å². The Morgan fingerprint density at radius 3 is 1.46 bits per heavy atom. The summed E-state index contributed by atoms with van der Waals surface area (Å²) in [5.74, 6) is -2.00. The van der Waals surface area contributed by atoms with Crippen LogP contribution in [0.5, 0.6) is 0 Å². The van der Waals surface area contributed by atoms with Crippen molar-refractivity contribution in [3.05, 3.63) is 60.7 Å². The van der Waals surface area contributed by atoms with Gasteiger partial charge in [-0.15, -0.1) is 0 Å². The van der Waals surface area contributed by atoms with Crippen LogP contribution in [0.4, 0.5) is 29.2 Å². The number of rotatable bonds is 16. The van der Waals surface area contributed by atoms with E-state index in [4.69, 9.17) is 77.7 Å². The van der Waals surface area contributed by atoms with Gasteiger partial charge in [-0.05, 0) is 100 Å². The Bertz CT molecular complexity index is 2260. The van der Waals surface area contributed by atoms with Gasteiger partial charge in [-0.1, -0.05) is 64.1 Å². The molecule has 21 nitrogen and oxygen atoms in total. The van der Waals surface area contributed by atoms with E-state index in [-0.39, 0.29) is 23.7 Å². The van der Waals surface area contributed by atoms with E-state index in [1.807, 2.05) is 74.5 Å². The molecule has 8 aliphatic heterocycles. The molecule has 1 aromatic heterocycles. The highest BCUT2D eigenvalue weighted by atomic mass is 17.3. The molecular weight excluding hydrogens is 959 g/mol. The Labute approximate surface area is 431 Å². The number of carboxylic acid groups (broad SMARTS) is 2. The number of carbonyl (C=O) groups is 2. The van der Waals surface area contributed by atoms with Crippen LogP contribution in [-0.2, 0) is 57.6 Å². The molecule has 5 N–H and O–H groups in total. The van der Waals surface area contributed by atoms with Crippen molar-refractivity contribution in [2.24, 2.45) is 47.3 Å². The number of aromatic nitrogens is 3. The van der Waals surface area contributed by atoms with Gasteiger partial charge in [-0.3, -0.25) is 4.90 Å². The topological polar surface area (TPSA) is 245 Å². The molecule has 2 aliphatic carbocycles. The first-order chi connectivity index (χ1) is 35.6. The third kappa shape index (κ3) is 10.6. The van der Waals surface area contributed by atoms with Crippen LogP contribution in [0.2, 0.25) is 0 Å². The first-order valence-corrected chi connectivity index (χ1v) is 26.5. The number of hydrogen-bond acceptors (Lipinski definition) is 19. The summed E-state index contributed by atoms with van der Waals surface area (Å²) in [6, 6.07) is 19.7. The molecular formula is C53H73N7O14. The van der Waals surface area contributed by atoms with Gasteiger partial charge < -0.3 is 54.6 Å². The summed E-state index contributed by atoms with van der Waals surface area (Å²) < 4.78 is 40.3. The van der Waals surface area contributed by atoms with Crippen molar-refractivity contribution in [1.29, 1.82) is 0 Å². The number of hydrogen-bond donors (Lipinski definition) is 5. The molecule has 9 heterocycles. The second kappa shape index (κ2) is 21.8. The van der Waals surface area contributed by atoms with Crippen LogP contribution in [-0.4, -0.2) is 129 Å². The van der Waals surface area contributed by atoms with Crippen LogP contribution in [0.15, 0.2) is 60.7 Å². The van der Waals surface area contributed by atoms with Crippen molar-refractivity contribution < 1.29 is 67.8 Å². The minimum atomic E-state index is -1.82. The number of carboxylic acids is 2. The summed E-state index contributed by atoms with van der Waals surface area (Å²) in [7, 11) is 0. The van der Waals surface area contributed by atoms with Gasteiger partial charge in [0.1, 0.15) is 0 Å². The van der Waals surface area contributed by atoms with Gasteiger partial charge in [0.05, 0.1) is 13.2 Å². The predicted molar refractivity (Wildman–Crippen MR) is 265 cm³/mol. The normalized spacial score (nSPS) is 38.5. The number of fused-ring (bicyclic) bond motifs is 4. The molecule has 13 rings (SSSR count). The van der Waals surface area contributed by atoms with Crippen LogP contribution < -0.4 is 16.0 Å². The van der Waals surface area contributed by atoms with Gasteiger partial charge in [0, 0.05) is 74.1 Å². The van der Waals surface area contributed by atoms with E-state index in [0.717, 1.165) is 62.7 Å². The van der Waals surface area contributed by atoms with Gasteiger partial charge in [0.25, 0.3) is 0 Å². The summed E-state index contributed by atoms with van der Waals surface area (Å²) in [6.07, 6.45) is 5.73. The van der Waals surface area contributed by atoms with Crippen molar-refractivity contribution >= 4 is 41.2 Å². The molecule has 8 saturated heterocycles. The lowest BCUT2D eigenvalue weighted by Crippen LogP contribution is -2.70. The Kier molecular flexibility index (Phi) is 15.5. The van der Waals surface area contributed by atoms with Crippen molar-refractivity contribution in [1.82, 2.24) is 19.9 Å². The minimum Gasteiger partial charge on any atom is -0.473 e.